The van der Waals surface area contributed by atoms with Crippen molar-refractivity contribution in [2.75, 3.05) is 11.9 Å². The van der Waals surface area contributed by atoms with E-state index in [0.717, 1.165) is 5.56 Å². The van der Waals surface area contributed by atoms with Crippen molar-refractivity contribution in [2.45, 2.75) is 31.5 Å². The molecule has 0 aliphatic carbocycles. The lowest BCUT2D eigenvalue weighted by atomic mass is 10.1. The number of amides is 1. The summed E-state index contributed by atoms with van der Waals surface area (Å²) in [5.41, 5.74) is 1.44. The fraction of sp³-hybridized carbons (Fsp3) is 0.263. The van der Waals surface area contributed by atoms with Gasteiger partial charge >= 0.3 is 5.97 Å². The van der Waals surface area contributed by atoms with Crippen molar-refractivity contribution in [3.05, 3.63) is 59.7 Å². The van der Waals surface area contributed by atoms with Gasteiger partial charge in [-0.25, -0.2) is 18.4 Å². The second-order valence-electron chi connectivity index (χ2n) is 6.25. The third-order valence-electron chi connectivity index (χ3n) is 3.55. The zero-order valence-corrected chi connectivity index (χ0v) is 16.4. The summed E-state index contributed by atoms with van der Waals surface area (Å²) in [5, 5.41) is 7.49. The Morgan fingerprint density at radius 1 is 1.11 bits per heavy atom. The Hall–Kier alpha value is -2.75. The molecule has 0 fully saturated rings. The molecule has 0 radical (unpaired) electrons. The first-order valence-corrected chi connectivity index (χ1v) is 10.00. The molecule has 2 aromatic carbocycles. The Morgan fingerprint density at radius 3 is 2.39 bits per heavy atom. The fourth-order valence-electron chi connectivity index (χ4n) is 2.16. The molecule has 0 aliphatic rings. The monoisotopic (exact) mass is 406 g/mol. The van der Waals surface area contributed by atoms with E-state index in [2.05, 4.69) is 5.32 Å². The molecule has 1 amide bonds. The number of esters is 1. The van der Waals surface area contributed by atoms with Gasteiger partial charge in [0.1, 0.15) is 0 Å². The highest BCUT2D eigenvalue weighted by Gasteiger charge is 2.12. The van der Waals surface area contributed by atoms with Gasteiger partial charge in [-0.3, -0.25) is 4.79 Å². The van der Waals surface area contributed by atoms with Crippen LogP contribution in [0, 0.1) is 0 Å². The van der Waals surface area contributed by atoms with Crippen LogP contribution in [-0.2, 0) is 30.9 Å². The van der Waals surface area contributed by atoms with Crippen molar-refractivity contribution in [1.29, 1.82) is 0 Å². The molecule has 0 atom stereocenters. The average Bonchev–Trinajstić information content (AvgIpc) is 2.64. The van der Waals surface area contributed by atoms with Crippen LogP contribution in [0.2, 0.25) is 0 Å². The van der Waals surface area contributed by atoms with Crippen LogP contribution < -0.4 is 10.5 Å². The lowest BCUT2D eigenvalue weighted by molar-refractivity contribution is -0.119. The molecule has 0 saturated carbocycles. The molecule has 0 saturated heterocycles. The van der Waals surface area contributed by atoms with Gasteiger partial charge in [0.2, 0.25) is 10.0 Å². The molecule has 0 heterocycles. The van der Waals surface area contributed by atoms with Gasteiger partial charge in [-0.05, 0) is 49.7 Å². The Kier molecular flexibility index (Phi) is 7.27. The Morgan fingerprint density at radius 2 is 1.79 bits per heavy atom. The number of nitrogens with two attached hydrogens (primary N) is 1. The summed E-state index contributed by atoms with van der Waals surface area (Å²) in [5.74, 6) is -1.26. The normalized spacial score (nSPS) is 11.3. The maximum atomic E-state index is 12.0. The number of carbonyl (C=O) groups is 2. The van der Waals surface area contributed by atoms with E-state index in [9.17, 15) is 18.0 Å². The van der Waals surface area contributed by atoms with Crippen molar-refractivity contribution < 1.29 is 27.5 Å². The minimum absolute atomic E-state index is 0.105. The molecule has 0 bridgehead atoms. The van der Waals surface area contributed by atoms with Crippen LogP contribution in [-0.4, -0.2) is 33.0 Å². The summed E-state index contributed by atoms with van der Waals surface area (Å²) in [6.45, 7) is 3.79. The second-order valence-corrected chi connectivity index (χ2v) is 7.82. The number of hydrogen-bond donors (Lipinski definition) is 2. The summed E-state index contributed by atoms with van der Waals surface area (Å²) in [6, 6.07) is 12.1. The molecule has 2 aromatic rings. The van der Waals surface area contributed by atoms with Crippen molar-refractivity contribution >= 4 is 27.6 Å². The summed E-state index contributed by atoms with van der Waals surface area (Å²) >= 11 is 0. The van der Waals surface area contributed by atoms with Gasteiger partial charge in [-0.2, -0.15) is 0 Å². The molecule has 8 nitrogen and oxygen atoms in total. The number of benzene rings is 2. The molecule has 3 N–H and O–H groups in total. The van der Waals surface area contributed by atoms with Gasteiger partial charge in [0.15, 0.2) is 6.61 Å². The Balaban J connectivity index is 1.88. The van der Waals surface area contributed by atoms with E-state index in [4.69, 9.17) is 14.6 Å². The standard InChI is InChI=1S/C19H22N2O6S/c1-13(2)26-11-14-6-8-15(9-7-14)19(23)27-12-18(22)21-16-4-3-5-17(10-16)28(20,24)25/h3-10,13H,11-12H2,1-2H3,(H,21,22)(H2,20,24,25). The lowest BCUT2D eigenvalue weighted by Gasteiger charge is -2.09. The maximum absolute atomic E-state index is 12.0. The Labute approximate surface area is 163 Å². The van der Waals surface area contributed by atoms with Gasteiger partial charge in [0.25, 0.3) is 5.91 Å². The quantitative estimate of drug-likeness (QED) is 0.647. The lowest BCUT2D eigenvalue weighted by Crippen LogP contribution is -2.21. The molecule has 150 valence electrons. The molecule has 0 unspecified atom stereocenters. The van der Waals surface area contributed by atoms with E-state index in [1.54, 1.807) is 24.3 Å². The highest BCUT2D eigenvalue weighted by molar-refractivity contribution is 7.89. The van der Waals surface area contributed by atoms with Crippen molar-refractivity contribution in [1.82, 2.24) is 0 Å². The summed E-state index contributed by atoms with van der Waals surface area (Å²) in [4.78, 5) is 23.8. The summed E-state index contributed by atoms with van der Waals surface area (Å²) < 4.78 is 33.1. The first kappa shape index (κ1) is 21.5. The Bertz CT molecular complexity index is 939. The molecular weight excluding hydrogens is 384 g/mol. The number of carbonyl (C=O) groups excluding carboxylic acids is 2. The smallest absolute Gasteiger partial charge is 0.338 e. The summed E-state index contributed by atoms with van der Waals surface area (Å²) in [7, 11) is -3.88. The molecule has 0 aromatic heterocycles. The van der Waals surface area contributed by atoms with E-state index in [0.29, 0.717) is 12.2 Å². The highest BCUT2D eigenvalue weighted by atomic mass is 32.2. The van der Waals surface area contributed by atoms with E-state index < -0.39 is 28.5 Å². The minimum atomic E-state index is -3.88. The zero-order chi connectivity index (χ0) is 20.7. The highest BCUT2D eigenvalue weighted by Crippen LogP contribution is 2.14. The minimum Gasteiger partial charge on any atom is -0.452 e. The van der Waals surface area contributed by atoms with E-state index in [1.807, 2.05) is 13.8 Å². The van der Waals surface area contributed by atoms with Crippen LogP contribution in [0.3, 0.4) is 0 Å². The van der Waals surface area contributed by atoms with Gasteiger partial charge < -0.3 is 14.8 Å². The van der Waals surface area contributed by atoms with Gasteiger partial charge in [-0.15, -0.1) is 0 Å². The van der Waals surface area contributed by atoms with Crippen LogP contribution in [0.25, 0.3) is 0 Å². The first-order chi connectivity index (χ1) is 13.1. The molecule has 28 heavy (non-hydrogen) atoms. The average molecular weight is 406 g/mol. The van der Waals surface area contributed by atoms with Gasteiger partial charge in [0.05, 0.1) is 23.2 Å². The number of anilines is 1. The van der Waals surface area contributed by atoms with E-state index in [1.165, 1.54) is 24.3 Å². The first-order valence-electron chi connectivity index (χ1n) is 8.45. The van der Waals surface area contributed by atoms with Gasteiger partial charge in [-0.1, -0.05) is 18.2 Å². The van der Waals surface area contributed by atoms with Crippen molar-refractivity contribution in [3.8, 4) is 0 Å². The van der Waals surface area contributed by atoms with Crippen LogP contribution >= 0.6 is 0 Å². The maximum Gasteiger partial charge on any atom is 0.338 e. The molecule has 9 heteroatoms. The van der Waals surface area contributed by atoms with Crippen LogP contribution in [0.4, 0.5) is 5.69 Å². The SMILES string of the molecule is CC(C)OCc1ccc(C(=O)OCC(=O)Nc2cccc(S(N)(=O)=O)c2)cc1. The third kappa shape index (κ3) is 6.76. The summed E-state index contributed by atoms with van der Waals surface area (Å²) in [6.07, 6.45) is 0.105. The van der Waals surface area contributed by atoms with Crippen molar-refractivity contribution in [3.63, 3.8) is 0 Å². The molecule has 0 aliphatic heterocycles. The number of nitrogens with one attached hydrogen (secondary N) is 1. The zero-order valence-electron chi connectivity index (χ0n) is 15.5. The van der Waals surface area contributed by atoms with E-state index >= 15 is 0 Å². The second kappa shape index (κ2) is 9.45. The number of rotatable bonds is 8. The third-order valence-corrected chi connectivity index (χ3v) is 4.46. The molecule has 2 rings (SSSR count). The van der Waals surface area contributed by atoms with Crippen LogP contribution in [0.15, 0.2) is 53.4 Å². The van der Waals surface area contributed by atoms with Crippen LogP contribution in [0.1, 0.15) is 29.8 Å². The van der Waals surface area contributed by atoms with E-state index in [-0.39, 0.29) is 16.7 Å². The number of primary sulfonamides is 1. The number of hydrogen-bond acceptors (Lipinski definition) is 6. The number of ether oxygens (including phenoxy) is 2. The predicted octanol–water partition coefficient (Wildman–Crippen LogP) is 2.05. The topological polar surface area (TPSA) is 125 Å². The fourth-order valence-corrected chi connectivity index (χ4v) is 2.72. The predicted molar refractivity (Wildman–Crippen MR) is 103 cm³/mol. The van der Waals surface area contributed by atoms with Crippen LogP contribution in [0.5, 0.6) is 0 Å². The van der Waals surface area contributed by atoms with Crippen molar-refractivity contribution in [2.24, 2.45) is 5.14 Å². The largest absolute Gasteiger partial charge is 0.452 e. The number of sulfonamides is 1. The van der Waals surface area contributed by atoms with Gasteiger partial charge in [0, 0.05) is 5.69 Å². The molecular formula is C19H22N2O6S. The molecule has 0 spiro atoms.